The van der Waals surface area contributed by atoms with Crippen LogP contribution in [0.4, 0.5) is 0 Å². The summed E-state index contributed by atoms with van der Waals surface area (Å²) in [5.41, 5.74) is 3.15. The van der Waals surface area contributed by atoms with Crippen LogP contribution in [0.15, 0.2) is 21.7 Å². The summed E-state index contributed by atoms with van der Waals surface area (Å²) in [5, 5.41) is 23.1. The number of aromatic hydroxyl groups is 2. The van der Waals surface area contributed by atoms with Crippen LogP contribution in [0.2, 0.25) is 0 Å². The van der Waals surface area contributed by atoms with E-state index < -0.39 is 0 Å². The number of nitrogens with zero attached hydrogens (tertiary/aromatic N) is 1. The van der Waals surface area contributed by atoms with Crippen molar-refractivity contribution in [3.05, 3.63) is 22.2 Å². The molecule has 2 aliphatic carbocycles. The van der Waals surface area contributed by atoms with Gasteiger partial charge in [0.25, 0.3) is 0 Å². The fourth-order valence-corrected chi connectivity index (χ4v) is 4.12. The molecule has 0 unspecified atom stereocenters. The molecule has 1 aromatic carbocycles. The van der Waals surface area contributed by atoms with E-state index in [1.807, 2.05) is 0 Å². The molecule has 0 heterocycles. The van der Waals surface area contributed by atoms with Crippen LogP contribution in [0.3, 0.4) is 0 Å². The molecule has 0 aromatic heterocycles. The molecule has 3 atom stereocenters. The van der Waals surface area contributed by atoms with Crippen molar-refractivity contribution in [1.82, 2.24) is 5.43 Å². The largest absolute Gasteiger partial charge is 0.507 e. The number of rotatable bonds is 3. The van der Waals surface area contributed by atoms with Crippen molar-refractivity contribution in [1.29, 1.82) is 0 Å². The Bertz CT molecular complexity index is 647. The molecule has 6 heteroatoms. The monoisotopic (exact) mass is 366 g/mol. The van der Waals surface area contributed by atoms with Gasteiger partial charge in [-0.1, -0.05) is 19.8 Å². The number of carbonyl (C=O) groups excluding carboxylic acids is 1. The van der Waals surface area contributed by atoms with Crippen molar-refractivity contribution in [2.75, 3.05) is 0 Å². The molecular weight excluding hydrogens is 348 g/mol. The van der Waals surface area contributed by atoms with Gasteiger partial charge in [0.15, 0.2) is 0 Å². The van der Waals surface area contributed by atoms with E-state index in [1.165, 1.54) is 25.1 Å². The maximum absolute atomic E-state index is 12.2. The van der Waals surface area contributed by atoms with E-state index in [1.54, 1.807) is 6.07 Å². The van der Waals surface area contributed by atoms with E-state index in [4.69, 9.17) is 0 Å². The molecule has 0 saturated heterocycles. The smallest absolute Gasteiger partial charge is 0.244 e. The topological polar surface area (TPSA) is 81.9 Å². The number of halogens is 1. The predicted molar refractivity (Wildman–Crippen MR) is 86.8 cm³/mol. The zero-order chi connectivity index (χ0) is 15.9. The van der Waals surface area contributed by atoms with E-state index in [0.29, 0.717) is 16.0 Å². The molecular formula is C16H19BrN2O3. The first kappa shape index (κ1) is 15.3. The maximum atomic E-state index is 12.2. The summed E-state index contributed by atoms with van der Waals surface area (Å²) < 4.78 is 0.457. The molecule has 2 aliphatic rings. The zero-order valence-corrected chi connectivity index (χ0v) is 13.9. The molecule has 3 rings (SSSR count). The van der Waals surface area contributed by atoms with Crippen molar-refractivity contribution in [3.63, 3.8) is 0 Å². The quantitative estimate of drug-likeness (QED) is 0.567. The molecule has 0 aliphatic heterocycles. The Balaban J connectivity index is 1.63. The third-order valence-electron chi connectivity index (χ3n) is 5.09. The van der Waals surface area contributed by atoms with Gasteiger partial charge in [-0.15, -0.1) is 0 Å². The fourth-order valence-electron chi connectivity index (χ4n) is 3.76. The number of carbonyl (C=O) groups is 1. The van der Waals surface area contributed by atoms with E-state index in [9.17, 15) is 15.0 Å². The highest BCUT2D eigenvalue weighted by molar-refractivity contribution is 9.10. The Morgan fingerprint density at radius 2 is 2.18 bits per heavy atom. The average molecular weight is 367 g/mol. The summed E-state index contributed by atoms with van der Waals surface area (Å²) in [6, 6.07) is 2.77. The number of hydrazone groups is 1. The second-order valence-corrected chi connectivity index (χ2v) is 7.29. The lowest BCUT2D eigenvalue weighted by Crippen LogP contribution is -2.22. The molecule has 118 valence electrons. The summed E-state index contributed by atoms with van der Waals surface area (Å²) in [6.07, 6.45) is 6.04. The van der Waals surface area contributed by atoms with Crippen LogP contribution in [0.1, 0.15) is 38.2 Å². The van der Waals surface area contributed by atoms with Crippen LogP contribution in [0.5, 0.6) is 11.5 Å². The number of nitrogens with one attached hydrogen (secondary N) is 1. The first-order valence-corrected chi connectivity index (χ1v) is 8.27. The van der Waals surface area contributed by atoms with Gasteiger partial charge >= 0.3 is 0 Å². The number of hydrogen-bond donors (Lipinski definition) is 3. The highest BCUT2D eigenvalue weighted by Crippen LogP contribution is 2.66. The van der Waals surface area contributed by atoms with Crippen LogP contribution in [0.25, 0.3) is 0 Å². The van der Waals surface area contributed by atoms with Crippen molar-refractivity contribution < 1.29 is 15.0 Å². The minimum Gasteiger partial charge on any atom is -0.507 e. The summed E-state index contributed by atoms with van der Waals surface area (Å²) >= 11 is 3.17. The first-order chi connectivity index (χ1) is 10.4. The number of benzene rings is 1. The van der Waals surface area contributed by atoms with E-state index in [2.05, 4.69) is 33.4 Å². The van der Waals surface area contributed by atoms with Gasteiger partial charge in [-0.05, 0) is 46.2 Å². The number of fused-ring (bicyclic) bond motifs is 1. The number of amides is 1. The summed E-state index contributed by atoms with van der Waals surface area (Å²) in [5.74, 6) is 0.377. The van der Waals surface area contributed by atoms with Gasteiger partial charge in [0, 0.05) is 17.5 Å². The lowest BCUT2D eigenvalue weighted by molar-refractivity contribution is -0.123. The van der Waals surface area contributed by atoms with Gasteiger partial charge in [0.2, 0.25) is 5.91 Å². The highest BCUT2D eigenvalue weighted by atomic mass is 79.9. The Morgan fingerprint density at radius 1 is 1.41 bits per heavy atom. The molecule has 5 nitrogen and oxygen atoms in total. The molecule has 0 radical (unpaired) electrons. The molecule has 3 N–H and O–H groups in total. The standard InChI is InChI=1S/C16H19BrN2O3/c1-16-5-3-2-4-10(16)14(16)15(22)19-18-8-9-6-11(17)13(21)7-12(9)20/h6-8,10,14,20-21H,2-5H2,1H3,(H,19,22)/b18-8+/t10-,14+,16-/m0/s1. The van der Waals surface area contributed by atoms with Gasteiger partial charge < -0.3 is 10.2 Å². The van der Waals surface area contributed by atoms with Crippen LogP contribution < -0.4 is 5.43 Å². The van der Waals surface area contributed by atoms with Crippen molar-refractivity contribution in [2.24, 2.45) is 22.4 Å². The molecule has 2 fully saturated rings. The summed E-state index contributed by atoms with van der Waals surface area (Å²) in [6.45, 7) is 2.19. The van der Waals surface area contributed by atoms with E-state index >= 15 is 0 Å². The van der Waals surface area contributed by atoms with Crippen molar-refractivity contribution in [2.45, 2.75) is 32.6 Å². The molecule has 0 bridgehead atoms. The van der Waals surface area contributed by atoms with Crippen LogP contribution in [-0.4, -0.2) is 22.3 Å². The number of phenols is 2. The zero-order valence-electron chi connectivity index (χ0n) is 12.3. The van der Waals surface area contributed by atoms with Gasteiger partial charge in [-0.3, -0.25) is 4.79 Å². The van der Waals surface area contributed by atoms with E-state index in [0.717, 1.165) is 12.8 Å². The first-order valence-electron chi connectivity index (χ1n) is 7.48. The Morgan fingerprint density at radius 3 is 2.86 bits per heavy atom. The number of phenolic OH excluding ortho intramolecular Hbond substituents is 2. The third-order valence-corrected chi connectivity index (χ3v) is 5.72. The van der Waals surface area contributed by atoms with Gasteiger partial charge in [0.1, 0.15) is 11.5 Å². The highest BCUT2D eigenvalue weighted by Gasteiger charge is 2.64. The van der Waals surface area contributed by atoms with Gasteiger partial charge in [0.05, 0.1) is 10.7 Å². The van der Waals surface area contributed by atoms with Crippen molar-refractivity contribution >= 4 is 28.1 Å². The average Bonchev–Trinajstić information content (AvgIpc) is 3.10. The summed E-state index contributed by atoms with van der Waals surface area (Å²) in [7, 11) is 0. The van der Waals surface area contributed by atoms with Crippen LogP contribution in [0, 0.1) is 17.3 Å². The Kier molecular flexibility index (Phi) is 3.89. The molecule has 0 spiro atoms. The number of hydrogen-bond acceptors (Lipinski definition) is 4. The van der Waals surface area contributed by atoms with Gasteiger partial charge in [-0.25, -0.2) is 5.43 Å². The maximum Gasteiger partial charge on any atom is 0.244 e. The minimum atomic E-state index is -0.0919. The molecule has 1 amide bonds. The molecule has 22 heavy (non-hydrogen) atoms. The van der Waals surface area contributed by atoms with E-state index in [-0.39, 0.29) is 28.7 Å². The van der Waals surface area contributed by atoms with Crippen LogP contribution >= 0.6 is 15.9 Å². The molecule has 1 aromatic rings. The lowest BCUT2D eigenvalue weighted by atomic mass is 9.90. The predicted octanol–water partition coefficient (Wildman–Crippen LogP) is 3.14. The molecule has 2 saturated carbocycles. The normalized spacial score (nSPS) is 30.1. The minimum absolute atomic E-state index is 0.0389. The Hall–Kier alpha value is -1.56. The third kappa shape index (κ3) is 2.60. The fraction of sp³-hybridized carbons (Fsp3) is 0.500. The Labute approximate surface area is 137 Å². The van der Waals surface area contributed by atoms with Crippen molar-refractivity contribution in [3.8, 4) is 11.5 Å². The lowest BCUT2D eigenvalue weighted by Gasteiger charge is -2.15. The second kappa shape index (κ2) is 5.57. The summed E-state index contributed by atoms with van der Waals surface area (Å²) in [4.78, 5) is 12.2. The van der Waals surface area contributed by atoms with Crippen LogP contribution in [-0.2, 0) is 4.79 Å². The SMILES string of the molecule is C[C@]12CCCC[C@H]1[C@@H]2C(=O)N/N=C/c1cc(Br)c(O)cc1O. The van der Waals surface area contributed by atoms with Gasteiger partial charge in [-0.2, -0.15) is 5.10 Å². The second-order valence-electron chi connectivity index (χ2n) is 6.43.